The van der Waals surface area contributed by atoms with Crippen LogP contribution in [0.5, 0.6) is 11.5 Å². The molecule has 0 fully saturated rings. The molecular weight excluding hydrogens is 386 g/mol. The summed E-state index contributed by atoms with van der Waals surface area (Å²) in [6.45, 7) is 1.92. The van der Waals surface area contributed by atoms with Gasteiger partial charge in [0.1, 0.15) is 11.5 Å². The van der Waals surface area contributed by atoms with E-state index in [-0.39, 0.29) is 34.0 Å². The zero-order chi connectivity index (χ0) is 21.3. The summed E-state index contributed by atoms with van der Waals surface area (Å²) in [5, 5.41) is 19.8. The standard InChI is InChI=1S/C23H16NO6/c1-14-5-7-16(8-6-14)23(26)29-18-9-10-19-20(13-18)30-21(22(19)25)12-15-3-2-4-17(11-15)24(27)28/h2-13,27H,1H3/q-1. The summed E-state index contributed by atoms with van der Waals surface area (Å²) < 4.78 is 11.0. The Balaban J connectivity index is 1.54. The Bertz CT molecular complexity index is 1160. The molecule has 0 atom stereocenters. The van der Waals surface area contributed by atoms with Crippen molar-refractivity contribution in [2.75, 3.05) is 5.23 Å². The van der Waals surface area contributed by atoms with Crippen LogP contribution >= 0.6 is 0 Å². The molecule has 4 rings (SSSR count). The van der Waals surface area contributed by atoms with Gasteiger partial charge < -0.3 is 19.9 Å². The highest BCUT2D eigenvalue weighted by Crippen LogP contribution is 2.35. The van der Waals surface area contributed by atoms with E-state index in [2.05, 4.69) is 0 Å². The van der Waals surface area contributed by atoms with E-state index in [0.717, 1.165) is 5.56 Å². The maximum atomic E-state index is 12.6. The van der Waals surface area contributed by atoms with Gasteiger partial charge in [-0.2, -0.15) is 0 Å². The van der Waals surface area contributed by atoms with Crippen LogP contribution < -0.4 is 14.7 Å². The van der Waals surface area contributed by atoms with Gasteiger partial charge in [0.15, 0.2) is 5.76 Å². The largest absolute Gasteiger partial charge is 0.733 e. The normalized spacial score (nSPS) is 13.7. The summed E-state index contributed by atoms with van der Waals surface area (Å²) >= 11 is 0. The summed E-state index contributed by atoms with van der Waals surface area (Å²) in [5.41, 5.74) is 2.31. The molecule has 1 N–H and O–H groups in total. The second-order valence-corrected chi connectivity index (χ2v) is 6.72. The molecule has 7 heteroatoms. The molecule has 1 heterocycles. The predicted octanol–water partition coefficient (Wildman–Crippen LogP) is 4.52. The van der Waals surface area contributed by atoms with Crippen molar-refractivity contribution < 1.29 is 24.3 Å². The Kier molecular flexibility index (Phi) is 5.05. The van der Waals surface area contributed by atoms with Crippen molar-refractivity contribution in [3.8, 4) is 11.5 Å². The minimum Gasteiger partial charge on any atom is -0.733 e. The molecule has 1 aliphatic rings. The van der Waals surface area contributed by atoms with Crippen LogP contribution in [-0.4, -0.2) is 17.0 Å². The summed E-state index contributed by atoms with van der Waals surface area (Å²) in [6, 6.07) is 17.6. The Labute approximate surface area is 171 Å². The first-order valence-corrected chi connectivity index (χ1v) is 9.04. The predicted molar refractivity (Wildman–Crippen MR) is 110 cm³/mol. The number of hydrogen-bond acceptors (Lipinski definition) is 7. The van der Waals surface area contributed by atoms with Gasteiger partial charge in [-0.3, -0.25) is 10.0 Å². The van der Waals surface area contributed by atoms with Crippen molar-refractivity contribution in [3.63, 3.8) is 0 Å². The zero-order valence-corrected chi connectivity index (χ0v) is 15.9. The van der Waals surface area contributed by atoms with Crippen LogP contribution in [0.1, 0.15) is 31.8 Å². The number of anilines is 1. The quantitative estimate of drug-likeness (QED) is 0.296. The highest BCUT2D eigenvalue weighted by Gasteiger charge is 2.28. The molecule has 3 aromatic rings. The van der Waals surface area contributed by atoms with Crippen LogP contribution in [0.3, 0.4) is 0 Å². The van der Waals surface area contributed by atoms with E-state index in [1.807, 2.05) is 19.1 Å². The van der Waals surface area contributed by atoms with Gasteiger partial charge >= 0.3 is 5.97 Å². The third kappa shape index (κ3) is 3.93. The van der Waals surface area contributed by atoms with Gasteiger partial charge in [0.25, 0.3) is 0 Å². The number of ether oxygens (including phenoxy) is 2. The van der Waals surface area contributed by atoms with Crippen molar-refractivity contribution in [2.45, 2.75) is 6.92 Å². The van der Waals surface area contributed by atoms with Crippen LogP contribution in [0, 0.1) is 12.1 Å². The van der Waals surface area contributed by atoms with Crippen molar-refractivity contribution >= 4 is 23.5 Å². The lowest BCUT2D eigenvalue weighted by Crippen LogP contribution is -2.08. The van der Waals surface area contributed by atoms with Gasteiger partial charge in [-0.15, -0.1) is 0 Å². The van der Waals surface area contributed by atoms with Gasteiger partial charge in [-0.25, -0.2) is 4.79 Å². The van der Waals surface area contributed by atoms with Crippen LogP contribution in [0.15, 0.2) is 72.5 Å². The molecule has 0 saturated heterocycles. The second kappa shape index (κ2) is 7.82. The molecule has 0 unspecified atom stereocenters. The lowest BCUT2D eigenvalue weighted by atomic mass is 10.1. The Morgan fingerprint density at radius 1 is 1.10 bits per heavy atom. The van der Waals surface area contributed by atoms with E-state index >= 15 is 0 Å². The number of aryl methyl sites for hydroxylation is 1. The minimum absolute atomic E-state index is 0.0256. The molecule has 0 aromatic heterocycles. The SMILES string of the molecule is Cc1ccc(C(=O)Oc2ccc3c(c2)OC(=Cc2cccc(N([O-])O)c2)C3=O)cc1. The third-order valence-corrected chi connectivity index (χ3v) is 4.53. The number of rotatable bonds is 4. The van der Waals surface area contributed by atoms with Gasteiger partial charge in [0.05, 0.1) is 16.8 Å². The van der Waals surface area contributed by atoms with Crippen LogP contribution in [0.25, 0.3) is 6.08 Å². The van der Waals surface area contributed by atoms with Gasteiger partial charge in [0, 0.05) is 6.07 Å². The van der Waals surface area contributed by atoms with Gasteiger partial charge in [0.2, 0.25) is 5.78 Å². The second-order valence-electron chi connectivity index (χ2n) is 6.72. The smallest absolute Gasteiger partial charge is 0.343 e. The third-order valence-electron chi connectivity index (χ3n) is 4.53. The van der Waals surface area contributed by atoms with Crippen molar-refractivity contribution in [2.24, 2.45) is 0 Å². The fourth-order valence-corrected chi connectivity index (χ4v) is 2.97. The summed E-state index contributed by atoms with van der Waals surface area (Å²) in [4.78, 5) is 24.9. The number of fused-ring (bicyclic) bond motifs is 1. The van der Waals surface area contributed by atoms with E-state index in [1.165, 1.54) is 36.4 Å². The number of carbonyl (C=O) groups is 2. The monoisotopic (exact) mass is 402 g/mol. The number of esters is 1. The van der Waals surface area contributed by atoms with Gasteiger partial charge in [-0.1, -0.05) is 29.8 Å². The molecule has 0 saturated carbocycles. The fourth-order valence-electron chi connectivity index (χ4n) is 2.97. The minimum atomic E-state index is -0.516. The van der Waals surface area contributed by atoms with Crippen molar-refractivity contribution in [3.05, 3.63) is 100.0 Å². The average molecular weight is 402 g/mol. The van der Waals surface area contributed by atoms with E-state index in [0.29, 0.717) is 16.7 Å². The maximum Gasteiger partial charge on any atom is 0.343 e. The number of nitrogens with zero attached hydrogens (tertiary/aromatic N) is 1. The molecule has 150 valence electrons. The summed E-state index contributed by atoms with van der Waals surface area (Å²) in [6.07, 6.45) is 1.47. The van der Waals surface area contributed by atoms with Crippen molar-refractivity contribution in [1.29, 1.82) is 0 Å². The highest BCUT2D eigenvalue weighted by molar-refractivity contribution is 6.14. The summed E-state index contributed by atoms with van der Waals surface area (Å²) in [7, 11) is 0. The Hall–Kier alpha value is -3.94. The first-order chi connectivity index (χ1) is 14.4. The molecule has 0 aliphatic carbocycles. The molecule has 0 spiro atoms. The van der Waals surface area contributed by atoms with Gasteiger partial charge in [-0.05, 0) is 55.0 Å². The zero-order valence-electron chi connectivity index (χ0n) is 15.9. The lowest BCUT2D eigenvalue weighted by Gasteiger charge is -2.21. The molecular formula is C23H16NO6-. The van der Waals surface area contributed by atoms with Crippen molar-refractivity contribution in [1.82, 2.24) is 0 Å². The number of ketones is 1. The number of carbonyl (C=O) groups excluding carboxylic acids is 2. The first-order valence-electron chi connectivity index (χ1n) is 9.04. The highest BCUT2D eigenvalue weighted by atomic mass is 16.8. The van der Waals surface area contributed by atoms with E-state index in [4.69, 9.17) is 14.7 Å². The van der Waals surface area contributed by atoms with E-state index < -0.39 is 5.97 Å². The van der Waals surface area contributed by atoms with Crippen LogP contribution in [0.4, 0.5) is 5.69 Å². The number of hydrogen-bond donors (Lipinski definition) is 1. The molecule has 7 nitrogen and oxygen atoms in total. The molecule has 0 bridgehead atoms. The summed E-state index contributed by atoms with van der Waals surface area (Å²) in [5.74, 6) is -0.283. The topological polar surface area (TPSA) is 99.1 Å². The number of benzene rings is 3. The number of Topliss-reactive ketones (excluding diaryl/α,β-unsaturated/α-hetero) is 1. The number of allylic oxidation sites excluding steroid dienone is 1. The fraction of sp³-hybridized carbons (Fsp3) is 0.0435. The first kappa shape index (κ1) is 19.4. The molecule has 3 aromatic carbocycles. The van der Waals surface area contributed by atoms with Crippen LogP contribution in [-0.2, 0) is 0 Å². The molecule has 0 radical (unpaired) electrons. The van der Waals surface area contributed by atoms with E-state index in [9.17, 15) is 14.8 Å². The lowest BCUT2D eigenvalue weighted by molar-refractivity contribution is 0.0734. The maximum absolute atomic E-state index is 12.6. The Morgan fingerprint density at radius 3 is 2.60 bits per heavy atom. The van der Waals surface area contributed by atoms with Crippen LogP contribution in [0.2, 0.25) is 0 Å². The molecule has 0 amide bonds. The average Bonchev–Trinajstić information content (AvgIpc) is 3.03. The molecule has 30 heavy (non-hydrogen) atoms. The van der Waals surface area contributed by atoms with E-state index in [1.54, 1.807) is 24.3 Å². The Morgan fingerprint density at radius 2 is 1.87 bits per heavy atom. The molecule has 1 aliphatic heterocycles.